The van der Waals surface area contributed by atoms with Gasteiger partial charge >= 0.3 is 5.97 Å². The lowest BCUT2D eigenvalue weighted by Gasteiger charge is -2.29. The number of aliphatic carboxylic acids is 1. The predicted octanol–water partition coefficient (Wildman–Crippen LogP) is 6.35. The summed E-state index contributed by atoms with van der Waals surface area (Å²) in [5, 5.41) is 8.58. The fraction of sp³-hybridized carbons (Fsp3) is 0.850. The Balaban J connectivity index is 1.88. The number of hydrogen-bond acceptors (Lipinski definition) is 1. The number of allylic oxidation sites excluding steroid dienone is 2. The van der Waals surface area contributed by atoms with Gasteiger partial charge < -0.3 is 5.11 Å². The van der Waals surface area contributed by atoms with Gasteiger partial charge in [-0.1, -0.05) is 83.3 Å². The number of carboxylic acids is 1. The third-order valence-electron chi connectivity index (χ3n) is 4.97. The van der Waals surface area contributed by atoms with Gasteiger partial charge in [0.1, 0.15) is 0 Å². The summed E-state index contributed by atoms with van der Waals surface area (Å²) in [6.45, 7) is 2.27. The van der Waals surface area contributed by atoms with Crippen LogP contribution in [-0.2, 0) is 4.79 Å². The summed E-state index contributed by atoms with van der Waals surface area (Å²) in [6.07, 6.45) is 22.0. The predicted molar refractivity (Wildman–Crippen MR) is 94.1 cm³/mol. The fourth-order valence-electron chi connectivity index (χ4n) is 3.39. The highest BCUT2D eigenvalue weighted by Crippen LogP contribution is 2.34. The number of hydrogen-bond donors (Lipinski definition) is 1. The van der Waals surface area contributed by atoms with E-state index in [1.165, 1.54) is 70.6 Å². The minimum Gasteiger partial charge on any atom is -0.481 e. The molecule has 0 fully saturated rings. The SMILES string of the molecule is CCCCCCCCC1C=CC1CCCCCCCC(=O)O. The molecule has 1 rings (SSSR count). The number of unbranched alkanes of at least 4 members (excludes halogenated alkanes) is 9. The average molecular weight is 309 g/mol. The van der Waals surface area contributed by atoms with Gasteiger partial charge in [-0.15, -0.1) is 0 Å². The fourth-order valence-corrected chi connectivity index (χ4v) is 3.39. The molecule has 1 aliphatic rings. The highest BCUT2D eigenvalue weighted by Gasteiger charge is 2.22. The highest BCUT2D eigenvalue weighted by molar-refractivity contribution is 5.66. The zero-order valence-electron chi connectivity index (χ0n) is 14.6. The minimum atomic E-state index is -0.655. The van der Waals surface area contributed by atoms with Crippen LogP contribution in [0.15, 0.2) is 12.2 Å². The highest BCUT2D eigenvalue weighted by atomic mass is 16.4. The molecule has 2 nitrogen and oxygen atoms in total. The second-order valence-electron chi connectivity index (χ2n) is 6.97. The van der Waals surface area contributed by atoms with Crippen LogP contribution in [0.1, 0.15) is 96.8 Å². The topological polar surface area (TPSA) is 37.3 Å². The Kier molecular flexibility index (Phi) is 11.1. The van der Waals surface area contributed by atoms with E-state index < -0.39 is 5.97 Å². The van der Waals surface area contributed by atoms with Gasteiger partial charge in [-0.2, -0.15) is 0 Å². The molecule has 128 valence electrons. The van der Waals surface area contributed by atoms with Crippen molar-refractivity contribution in [3.8, 4) is 0 Å². The lowest BCUT2D eigenvalue weighted by Crippen LogP contribution is -2.18. The van der Waals surface area contributed by atoms with E-state index in [4.69, 9.17) is 5.11 Å². The minimum absolute atomic E-state index is 0.339. The van der Waals surface area contributed by atoms with Crippen molar-refractivity contribution in [3.05, 3.63) is 12.2 Å². The Bertz CT molecular complexity index is 309. The molecule has 0 aromatic heterocycles. The Morgan fingerprint density at radius 2 is 1.23 bits per heavy atom. The van der Waals surface area contributed by atoms with E-state index in [0.717, 1.165) is 24.7 Å². The van der Waals surface area contributed by atoms with Crippen molar-refractivity contribution in [3.63, 3.8) is 0 Å². The van der Waals surface area contributed by atoms with Gasteiger partial charge in [0, 0.05) is 6.42 Å². The third-order valence-corrected chi connectivity index (χ3v) is 4.97. The molecule has 0 bridgehead atoms. The summed E-state index contributed by atoms with van der Waals surface area (Å²) >= 11 is 0. The first-order valence-corrected chi connectivity index (χ1v) is 9.64. The van der Waals surface area contributed by atoms with Crippen molar-refractivity contribution in [2.24, 2.45) is 11.8 Å². The lowest BCUT2D eigenvalue weighted by atomic mass is 9.76. The van der Waals surface area contributed by atoms with Crippen LogP contribution in [0.2, 0.25) is 0 Å². The number of carboxylic acid groups (broad SMARTS) is 1. The Morgan fingerprint density at radius 3 is 1.68 bits per heavy atom. The molecule has 0 saturated carbocycles. The summed E-state index contributed by atoms with van der Waals surface area (Å²) < 4.78 is 0. The molecular weight excluding hydrogens is 272 g/mol. The van der Waals surface area contributed by atoms with Crippen LogP contribution in [0.3, 0.4) is 0 Å². The van der Waals surface area contributed by atoms with Crippen LogP contribution in [0, 0.1) is 11.8 Å². The summed E-state index contributed by atoms with van der Waals surface area (Å²) in [5.74, 6) is 1.05. The molecule has 0 amide bonds. The van der Waals surface area contributed by atoms with Gasteiger partial charge in [-0.3, -0.25) is 4.79 Å². The Labute approximate surface area is 137 Å². The van der Waals surface area contributed by atoms with Gasteiger partial charge in [0.2, 0.25) is 0 Å². The van der Waals surface area contributed by atoms with Gasteiger partial charge in [-0.25, -0.2) is 0 Å². The van der Waals surface area contributed by atoms with Crippen LogP contribution in [-0.4, -0.2) is 11.1 Å². The molecule has 1 aliphatic carbocycles. The van der Waals surface area contributed by atoms with E-state index in [9.17, 15) is 4.79 Å². The van der Waals surface area contributed by atoms with Crippen molar-refractivity contribution in [1.29, 1.82) is 0 Å². The van der Waals surface area contributed by atoms with Crippen LogP contribution >= 0.6 is 0 Å². The van der Waals surface area contributed by atoms with Crippen molar-refractivity contribution < 1.29 is 9.90 Å². The van der Waals surface area contributed by atoms with Gasteiger partial charge in [0.15, 0.2) is 0 Å². The molecule has 1 N–H and O–H groups in total. The van der Waals surface area contributed by atoms with Crippen LogP contribution in [0.25, 0.3) is 0 Å². The van der Waals surface area contributed by atoms with Crippen LogP contribution in [0.5, 0.6) is 0 Å². The summed E-state index contributed by atoms with van der Waals surface area (Å²) in [5.41, 5.74) is 0. The first-order valence-electron chi connectivity index (χ1n) is 9.64. The van der Waals surface area contributed by atoms with Crippen molar-refractivity contribution in [2.45, 2.75) is 96.8 Å². The smallest absolute Gasteiger partial charge is 0.303 e. The molecule has 22 heavy (non-hydrogen) atoms. The quantitative estimate of drug-likeness (QED) is 0.282. The maximum absolute atomic E-state index is 10.4. The van der Waals surface area contributed by atoms with E-state index in [1.54, 1.807) is 0 Å². The molecule has 2 atom stereocenters. The van der Waals surface area contributed by atoms with Crippen LogP contribution in [0.4, 0.5) is 0 Å². The summed E-state index contributed by atoms with van der Waals surface area (Å²) in [4.78, 5) is 10.4. The van der Waals surface area contributed by atoms with Crippen molar-refractivity contribution >= 4 is 5.97 Å². The lowest BCUT2D eigenvalue weighted by molar-refractivity contribution is -0.137. The standard InChI is InChI=1S/C20H36O2/c1-2-3-4-5-7-10-13-18-16-17-19(18)14-11-8-6-9-12-15-20(21)22/h16-19H,2-15H2,1H3,(H,21,22). The van der Waals surface area contributed by atoms with Crippen molar-refractivity contribution in [1.82, 2.24) is 0 Å². The largest absolute Gasteiger partial charge is 0.481 e. The molecular formula is C20H36O2. The molecule has 0 radical (unpaired) electrons. The van der Waals surface area contributed by atoms with E-state index in [1.807, 2.05) is 0 Å². The molecule has 0 heterocycles. The normalized spacial score (nSPS) is 20.0. The summed E-state index contributed by atoms with van der Waals surface area (Å²) in [7, 11) is 0. The second-order valence-corrected chi connectivity index (χ2v) is 6.97. The molecule has 0 saturated heterocycles. The zero-order chi connectivity index (χ0) is 16.0. The van der Waals surface area contributed by atoms with Gasteiger partial charge in [0.25, 0.3) is 0 Å². The first-order chi connectivity index (χ1) is 10.7. The van der Waals surface area contributed by atoms with E-state index in [-0.39, 0.29) is 0 Å². The number of rotatable bonds is 15. The Morgan fingerprint density at radius 1 is 0.773 bits per heavy atom. The van der Waals surface area contributed by atoms with Gasteiger partial charge in [-0.05, 0) is 31.1 Å². The van der Waals surface area contributed by atoms with Crippen molar-refractivity contribution in [2.75, 3.05) is 0 Å². The first kappa shape index (κ1) is 19.3. The van der Waals surface area contributed by atoms with Gasteiger partial charge in [0.05, 0.1) is 0 Å². The summed E-state index contributed by atoms with van der Waals surface area (Å²) in [6, 6.07) is 0. The Hall–Kier alpha value is -0.790. The van der Waals surface area contributed by atoms with E-state index in [0.29, 0.717) is 6.42 Å². The maximum Gasteiger partial charge on any atom is 0.303 e. The molecule has 0 aliphatic heterocycles. The monoisotopic (exact) mass is 308 g/mol. The molecule has 0 aromatic carbocycles. The molecule has 2 heteroatoms. The second kappa shape index (κ2) is 12.7. The third kappa shape index (κ3) is 9.27. The maximum atomic E-state index is 10.4. The average Bonchev–Trinajstić information content (AvgIpc) is 2.47. The zero-order valence-corrected chi connectivity index (χ0v) is 14.6. The van der Waals surface area contributed by atoms with E-state index in [2.05, 4.69) is 19.1 Å². The molecule has 0 spiro atoms. The van der Waals surface area contributed by atoms with Crippen LogP contribution < -0.4 is 0 Å². The molecule has 2 unspecified atom stereocenters. The molecule has 0 aromatic rings. The number of carbonyl (C=O) groups is 1. The van der Waals surface area contributed by atoms with E-state index >= 15 is 0 Å².